The quantitative estimate of drug-likeness (QED) is 0.420. The summed E-state index contributed by atoms with van der Waals surface area (Å²) in [5.41, 5.74) is 0. The van der Waals surface area contributed by atoms with E-state index >= 15 is 0 Å². The molecule has 144 valence electrons. The molecule has 0 saturated heterocycles. The van der Waals surface area contributed by atoms with Gasteiger partial charge in [-0.15, -0.1) is 0 Å². The molecule has 0 aliphatic carbocycles. The second-order valence-corrected chi connectivity index (χ2v) is 15.2. The molecule has 0 fully saturated rings. The van der Waals surface area contributed by atoms with Gasteiger partial charge in [0, 0.05) is 16.5 Å². The summed E-state index contributed by atoms with van der Waals surface area (Å²) in [6.45, 7) is 4.80. The van der Waals surface area contributed by atoms with Gasteiger partial charge in [0.05, 0.1) is 0 Å². The van der Waals surface area contributed by atoms with Gasteiger partial charge in [0.2, 0.25) is 0 Å². The van der Waals surface area contributed by atoms with Crippen LogP contribution in [0, 0.1) is 0 Å². The second kappa shape index (κ2) is 9.79. The van der Waals surface area contributed by atoms with E-state index in [1.54, 1.807) is 0 Å². The Balaban J connectivity index is 0.00000256. The molecular formula is C26H26LiNSi2. The summed E-state index contributed by atoms with van der Waals surface area (Å²) in [6, 6.07) is 43.6. The molecule has 0 aromatic heterocycles. The van der Waals surface area contributed by atoms with Gasteiger partial charge in [0.1, 0.15) is 0 Å². The van der Waals surface area contributed by atoms with Gasteiger partial charge in [-0.2, -0.15) is 0 Å². The molecule has 4 aromatic rings. The van der Waals surface area contributed by atoms with E-state index < -0.39 is 16.5 Å². The monoisotopic (exact) mass is 415 g/mol. The van der Waals surface area contributed by atoms with Gasteiger partial charge in [0.25, 0.3) is 0 Å². The fourth-order valence-electron chi connectivity index (χ4n) is 4.09. The minimum atomic E-state index is -2.32. The first-order valence-electron chi connectivity index (χ1n) is 10.1. The van der Waals surface area contributed by atoms with Crippen LogP contribution in [-0.2, 0) is 0 Å². The van der Waals surface area contributed by atoms with Gasteiger partial charge in [-0.05, 0) is 0 Å². The summed E-state index contributed by atoms with van der Waals surface area (Å²) < 4.78 is 5.90. The molecule has 0 saturated carbocycles. The minimum Gasteiger partial charge on any atom is -0.652 e. The average molecular weight is 416 g/mol. The maximum atomic E-state index is 5.90. The zero-order valence-electron chi connectivity index (χ0n) is 18.0. The van der Waals surface area contributed by atoms with Gasteiger partial charge in [-0.1, -0.05) is 155 Å². The van der Waals surface area contributed by atoms with Gasteiger partial charge in [-0.25, -0.2) is 0 Å². The molecule has 0 amide bonds. The molecule has 4 aromatic carbocycles. The molecule has 4 rings (SSSR count). The Bertz CT molecular complexity index is 875. The Morgan fingerprint density at radius 3 is 0.800 bits per heavy atom. The zero-order valence-corrected chi connectivity index (χ0v) is 20.0. The van der Waals surface area contributed by atoms with Crippen LogP contribution >= 0.6 is 0 Å². The van der Waals surface area contributed by atoms with Crippen LogP contribution in [-0.4, -0.2) is 16.5 Å². The van der Waals surface area contributed by atoms with Crippen LogP contribution in [0.5, 0.6) is 0 Å². The molecule has 0 aliphatic rings. The van der Waals surface area contributed by atoms with E-state index in [4.69, 9.17) is 4.65 Å². The number of nitrogens with zero attached hydrogens (tertiary/aromatic N) is 1. The molecule has 4 heteroatoms. The number of benzene rings is 4. The molecule has 0 N–H and O–H groups in total. The summed E-state index contributed by atoms with van der Waals surface area (Å²) in [5, 5.41) is 5.43. The first-order chi connectivity index (χ1) is 14.1. The Morgan fingerprint density at radius 1 is 0.400 bits per heavy atom. The van der Waals surface area contributed by atoms with Crippen molar-refractivity contribution in [2.75, 3.05) is 0 Å². The van der Waals surface area contributed by atoms with E-state index in [1.807, 2.05) is 0 Å². The normalized spacial score (nSPS) is 11.5. The van der Waals surface area contributed by atoms with Crippen LogP contribution in [0.15, 0.2) is 121 Å². The van der Waals surface area contributed by atoms with Crippen molar-refractivity contribution >= 4 is 37.2 Å². The van der Waals surface area contributed by atoms with Crippen molar-refractivity contribution in [2.24, 2.45) is 0 Å². The third kappa shape index (κ3) is 4.46. The Kier molecular flexibility index (Phi) is 7.36. The fraction of sp³-hybridized carbons (Fsp3) is 0.0769. The van der Waals surface area contributed by atoms with Gasteiger partial charge in [-0.3, -0.25) is 0 Å². The van der Waals surface area contributed by atoms with Gasteiger partial charge < -0.3 is 4.65 Å². The zero-order chi connectivity index (χ0) is 20.2. The van der Waals surface area contributed by atoms with Crippen LogP contribution in [0.1, 0.15) is 0 Å². The number of hydrogen-bond donors (Lipinski definition) is 0. The van der Waals surface area contributed by atoms with Crippen molar-refractivity contribution in [3.63, 3.8) is 0 Å². The van der Waals surface area contributed by atoms with Crippen LogP contribution in [0.4, 0.5) is 0 Å². The van der Waals surface area contributed by atoms with Crippen molar-refractivity contribution < 1.29 is 18.9 Å². The first-order valence-corrected chi connectivity index (χ1v) is 15.0. The van der Waals surface area contributed by atoms with E-state index in [1.165, 1.54) is 20.7 Å². The molecule has 0 radical (unpaired) electrons. The average Bonchev–Trinajstić information content (AvgIpc) is 2.81. The predicted octanol–water partition coefficient (Wildman–Crippen LogP) is 1.14. The molecule has 0 heterocycles. The molecule has 0 unspecified atom stereocenters. The Morgan fingerprint density at radius 2 is 0.600 bits per heavy atom. The molecule has 0 bridgehead atoms. The predicted molar refractivity (Wildman–Crippen MR) is 131 cm³/mol. The molecule has 30 heavy (non-hydrogen) atoms. The SMILES string of the molecule is C[Si]([N-][Si](C)(c1ccccc1)c1ccccc1)(c1ccccc1)c1ccccc1.[Li+]. The number of hydrogen-bond acceptors (Lipinski definition) is 0. The molecular weight excluding hydrogens is 389 g/mol. The summed E-state index contributed by atoms with van der Waals surface area (Å²) >= 11 is 0. The second-order valence-electron chi connectivity index (χ2n) is 7.72. The fourth-order valence-corrected chi connectivity index (χ4v) is 13.8. The third-order valence-electron chi connectivity index (χ3n) is 5.79. The van der Waals surface area contributed by atoms with Crippen molar-refractivity contribution in [1.82, 2.24) is 0 Å². The summed E-state index contributed by atoms with van der Waals surface area (Å²) in [7, 11) is -4.63. The first kappa shape index (κ1) is 22.6. The van der Waals surface area contributed by atoms with Crippen LogP contribution in [0.2, 0.25) is 13.1 Å². The van der Waals surface area contributed by atoms with Gasteiger partial charge in [0.15, 0.2) is 0 Å². The minimum absolute atomic E-state index is 0. The number of rotatable bonds is 6. The Hall–Kier alpha value is -2.13. The summed E-state index contributed by atoms with van der Waals surface area (Å²) in [5.74, 6) is 0. The van der Waals surface area contributed by atoms with Gasteiger partial charge >= 0.3 is 18.9 Å². The van der Waals surface area contributed by atoms with Crippen LogP contribution in [0.25, 0.3) is 4.65 Å². The van der Waals surface area contributed by atoms with E-state index in [9.17, 15) is 0 Å². The summed E-state index contributed by atoms with van der Waals surface area (Å²) in [6.07, 6.45) is 0. The Labute approximate surface area is 194 Å². The van der Waals surface area contributed by atoms with Crippen molar-refractivity contribution in [2.45, 2.75) is 13.1 Å². The molecule has 0 aliphatic heterocycles. The molecule has 1 nitrogen and oxygen atoms in total. The van der Waals surface area contributed by atoms with Crippen molar-refractivity contribution in [3.8, 4) is 0 Å². The van der Waals surface area contributed by atoms with E-state index in [0.717, 1.165) is 0 Å². The topological polar surface area (TPSA) is 14.1 Å². The smallest absolute Gasteiger partial charge is 0.652 e. The maximum absolute atomic E-state index is 5.90. The van der Waals surface area contributed by atoms with E-state index in [0.29, 0.717) is 0 Å². The maximum Gasteiger partial charge on any atom is 1.00 e. The summed E-state index contributed by atoms with van der Waals surface area (Å²) in [4.78, 5) is 0. The molecule has 0 spiro atoms. The molecule has 0 atom stereocenters. The third-order valence-corrected chi connectivity index (χ3v) is 15.2. The van der Waals surface area contributed by atoms with Crippen molar-refractivity contribution in [1.29, 1.82) is 0 Å². The largest absolute Gasteiger partial charge is 1.00 e. The van der Waals surface area contributed by atoms with Crippen molar-refractivity contribution in [3.05, 3.63) is 126 Å². The van der Waals surface area contributed by atoms with E-state index in [-0.39, 0.29) is 18.9 Å². The standard InChI is InChI=1S/C26H26NSi2.Li/c1-28(23-15-7-3-8-16-23,24-17-9-4-10-18-24)27-29(2,25-19-11-5-12-20-25)26-21-13-6-14-22-26;/h3-22H,1-2H3;/q-1;+1. The van der Waals surface area contributed by atoms with Crippen LogP contribution < -0.4 is 39.6 Å². The van der Waals surface area contributed by atoms with E-state index in [2.05, 4.69) is 134 Å². The van der Waals surface area contributed by atoms with Crippen LogP contribution in [0.3, 0.4) is 0 Å².